The Morgan fingerprint density at radius 1 is 0.808 bits per heavy atom. The average Bonchev–Trinajstić information content (AvgIpc) is 2.46. The van der Waals surface area contributed by atoms with Gasteiger partial charge < -0.3 is 4.42 Å². The van der Waals surface area contributed by atoms with Gasteiger partial charge in [-0.3, -0.25) is 0 Å². The summed E-state index contributed by atoms with van der Waals surface area (Å²) in [6, 6.07) is 18.0. The SMILES string of the molecule is Cc1ccc([I+]c2ccc3ccc(=O)oc3c2)cc1.F[P-](F)(F)(F)(F)F. The van der Waals surface area contributed by atoms with E-state index in [1.54, 1.807) is 6.07 Å². The number of aryl methyl sites for hydroxylation is 1. The third kappa shape index (κ3) is 8.66. The first-order valence-corrected chi connectivity index (χ1v) is 11.2. The van der Waals surface area contributed by atoms with Gasteiger partial charge in [0.1, 0.15) is 5.58 Å². The van der Waals surface area contributed by atoms with Gasteiger partial charge in [0.25, 0.3) is 0 Å². The van der Waals surface area contributed by atoms with Crippen LogP contribution in [0.15, 0.2) is 63.8 Å². The molecule has 0 unspecified atom stereocenters. The van der Waals surface area contributed by atoms with E-state index >= 15 is 0 Å². The fourth-order valence-corrected chi connectivity index (χ4v) is 4.05. The van der Waals surface area contributed by atoms with Crippen molar-refractivity contribution >= 4 is 18.8 Å². The van der Waals surface area contributed by atoms with Crippen molar-refractivity contribution in [2.75, 3.05) is 0 Å². The second-order valence-electron chi connectivity index (χ2n) is 5.28. The van der Waals surface area contributed by atoms with Crippen LogP contribution < -0.4 is 26.8 Å². The monoisotopic (exact) mass is 508 g/mol. The van der Waals surface area contributed by atoms with Gasteiger partial charge in [0.2, 0.25) is 0 Å². The first kappa shape index (κ1) is 20.7. The number of hydrogen-bond acceptors (Lipinski definition) is 2. The summed E-state index contributed by atoms with van der Waals surface area (Å²) in [7, 11) is -10.7. The number of fused-ring (bicyclic) bond motifs is 1. The Kier molecular flexibility index (Phi) is 5.19. The Morgan fingerprint density at radius 2 is 1.31 bits per heavy atom. The van der Waals surface area contributed by atoms with Crippen LogP contribution in [-0.4, -0.2) is 0 Å². The van der Waals surface area contributed by atoms with Gasteiger partial charge in [-0.15, -0.1) is 0 Å². The molecule has 0 spiro atoms. The standard InChI is InChI=1S/C16H12IO2.F6P/c1-11-2-6-13(7-3-11)17-14-8-4-12-5-9-16(18)19-15(12)10-14;1-7(2,3,4,5)6/h2-10H,1H3;/q+1;-1. The summed E-state index contributed by atoms with van der Waals surface area (Å²) in [4.78, 5) is 11.2. The number of hydrogen-bond donors (Lipinski definition) is 0. The molecule has 0 radical (unpaired) electrons. The molecular weight excluding hydrogens is 496 g/mol. The van der Waals surface area contributed by atoms with Crippen molar-refractivity contribution in [2.45, 2.75) is 6.92 Å². The normalized spacial score (nSPS) is 14.1. The number of benzene rings is 2. The zero-order chi connectivity index (χ0) is 19.7. The van der Waals surface area contributed by atoms with Gasteiger partial charge in [-0.25, -0.2) is 4.79 Å². The molecule has 142 valence electrons. The van der Waals surface area contributed by atoms with E-state index in [1.807, 2.05) is 12.1 Å². The van der Waals surface area contributed by atoms with Crippen molar-refractivity contribution in [1.29, 1.82) is 0 Å². The number of halogens is 7. The number of rotatable bonds is 2. The van der Waals surface area contributed by atoms with Crippen LogP contribution in [0.5, 0.6) is 0 Å². The molecule has 0 amide bonds. The van der Waals surface area contributed by atoms with E-state index < -0.39 is 7.81 Å². The molecule has 0 N–H and O–H groups in total. The fourth-order valence-electron chi connectivity index (χ4n) is 1.82. The Bertz CT molecular complexity index is 971. The maximum atomic E-state index is 11.2. The summed E-state index contributed by atoms with van der Waals surface area (Å²) >= 11 is -0.231. The third-order valence-electron chi connectivity index (χ3n) is 2.81. The second kappa shape index (κ2) is 6.53. The van der Waals surface area contributed by atoms with Gasteiger partial charge in [-0.2, -0.15) is 0 Å². The quantitative estimate of drug-likeness (QED) is 0.229. The first-order chi connectivity index (χ1) is 11.7. The summed E-state index contributed by atoms with van der Waals surface area (Å²) in [6.07, 6.45) is 0. The molecule has 3 rings (SSSR count). The molecule has 0 atom stereocenters. The molecule has 0 aliphatic heterocycles. The molecule has 1 heterocycles. The van der Waals surface area contributed by atoms with Crippen LogP contribution in [-0.2, 0) is 0 Å². The molecule has 0 fully saturated rings. The molecule has 26 heavy (non-hydrogen) atoms. The van der Waals surface area contributed by atoms with Gasteiger partial charge in [0.05, 0.1) is 0 Å². The van der Waals surface area contributed by atoms with Crippen molar-refractivity contribution in [1.82, 2.24) is 0 Å². The van der Waals surface area contributed by atoms with Crippen LogP contribution in [0.25, 0.3) is 11.0 Å². The molecule has 10 heteroatoms. The van der Waals surface area contributed by atoms with Crippen molar-refractivity contribution < 1.29 is 50.8 Å². The summed E-state index contributed by atoms with van der Waals surface area (Å²) in [6.45, 7) is 2.09. The van der Waals surface area contributed by atoms with Gasteiger partial charge in [-0.1, -0.05) is 17.7 Å². The second-order valence-corrected chi connectivity index (χ2v) is 10.2. The Balaban J connectivity index is 0.000000298. The molecule has 2 nitrogen and oxygen atoms in total. The topological polar surface area (TPSA) is 30.2 Å². The molecule has 0 saturated heterocycles. The Hall–Kier alpha value is -1.61. The first-order valence-electron chi connectivity index (χ1n) is 6.97. The van der Waals surface area contributed by atoms with Crippen LogP contribution >= 0.6 is 7.81 Å². The zero-order valence-corrected chi connectivity index (χ0v) is 16.2. The molecule has 1 aromatic heterocycles. The van der Waals surface area contributed by atoms with Crippen LogP contribution in [0, 0.1) is 14.1 Å². The minimum absolute atomic E-state index is 0.231. The predicted octanol–water partition coefficient (Wildman–Crippen LogP) is 3.61. The average molecular weight is 508 g/mol. The molecule has 0 aliphatic carbocycles. The predicted molar refractivity (Wildman–Crippen MR) is 84.6 cm³/mol. The van der Waals surface area contributed by atoms with Gasteiger partial charge in [-0.05, 0) is 37.3 Å². The van der Waals surface area contributed by atoms with Crippen LogP contribution in [0.4, 0.5) is 25.2 Å². The van der Waals surface area contributed by atoms with Crippen molar-refractivity contribution in [3.8, 4) is 0 Å². The van der Waals surface area contributed by atoms with E-state index in [0.717, 1.165) is 5.39 Å². The van der Waals surface area contributed by atoms with Crippen molar-refractivity contribution in [3.63, 3.8) is 0 Å². The summed E-state index contributed by atoms with van der Waals surface area (Å²) in [5, 5.41) is 0.969. The van der Waals surface area contributed by atoms with Gasteiger partial charge in [0.15, 0.2) is 7.14 Å². The summed E-state index contributed by atoms with van der Waals surface area (Å²) < 4.78 is 67.0. The van der Waals surface area contributed by atoms with Crippen molar-refractivity contribution in [3.05, 3.63) is 77.7 Å². The van der Waals surface area contributed by atoms with Crippen LogP contribution in [0.2, 0.25) is 0 Å². The van der Waals surface area contributed by atoms with E-state index in [9.17, 15) is 30.0 Å². The molecule has 0 bridgehead atoms. The van der Waals surface area contributed by atoms with E-state index in [-0.39, 0.29) is 26.8 Å². The Morgan fingerprint density at radius 3 is 1.88 bits per heavy atom. The fraction of sp³-hybridized carbons (Fsp3) is 0.0625. The van der Waals surface area contributed by atoms with Crippen LogP contribution in [0.1, 0.15) is 5.56 Å². The molecule has 2 aromatic carbocycles. The van der Waals surface area contributed by atoms with Crippen LogP contribution in [0.3, 0.4) is 0 Å². The summed E-state index contributed by atoms with van der Waals surface area (Å²) in [5.41, 5.74) is 1.66. The molecule has 3 aromatic rings. The molecular formula is C16H12F6IO2P. The Labute approximate surface area is 154 Å². The minimum atomic E-state index is -10.7. The van der Waals surface area contributed by atoms with E-state index in [4.69, 9.17) is 4.42 Å². The third-order valence-corrected chi connectivity index (χ3v) is 5.45. The summed E-state index contributed by atoms with van der Waals surface area (Å²) in [5.74, 6) is 0. The van der Waals surface area contributed by atoms with Gasteiger partial charge in [0, 0.05) is 17.5 Å². The van der Waals surface area contributed by atoms with E-state index in [0.29, 0.717) is 5.58 Å². The van der Waals surface area contributed by atoms with E-state index in [1.165, 1.54) is 18.8 Å². The molecule has 0 aliphatic rings. The molecule has 0 saturated carbocycles. The van der Waals surface area contributed by atoms with Crippen molar-refractivity contribution in [2.24, 2.45) is 0 Å². The zero-order valence-electron chi connectivity index (χ0n) is 13.1. The van der Waals surface area contributed by atoms with E-state index in [2.05, 4.69) is 37.3 Å². The maximum absolute atomic E-state index is 11.2. The van der Waals surface area contributed by atoms with Gasteiger partial charge >= 0.3 is 59.8 Å².